The van der Waals surface area contributed by atoms with Crippen LogP contribution in [0.5, 0.6) is 0 Å². The summed E-state index contributed by atoms with van der Waals surface area (Å²) in [6, 6.07) is 6.57. The van der Waals surface area contributed by atoms with Gasteiger partial charge >= 0.3 is 0 Å². The van der Waals surface area contributed by atoms with E-state index >= 15 is 0 Å². The Kier molecular flexibility index (Phi) is 5.58. The maximum absolute atomic E-state index is 13.4. The second-order valence-corrected chi connectivity index (χ2v) is 6.98. The van der Waals surface area contributed by atoms with Crippen molar-refractivity contribution in [1.29, 1.82) is 0 Å². The molecule has 0 atom stereocenters. The van der Waals surface area contributed by atoms with E-state index in [1.54, 1.807) is 4.72 Å². The molecule has 0 aliphatic heterocycles. The summed E-state index contributed by atoms with van der Waals surface area (Å²) in [6.07, 6.45) is 0.897. The number of carbonyl (C=O) groups is 1. The number of hydrogen-bond acceptors (Lipinski definition) is 3. The molecule has 1 N–H and O–H groups in total. The molecule has 0 aromatic heterocycles. The van der Waals surface area contributed by atoms with Crippen molar-refractivity contribution in [2.45, 2.75) is 0 Å². The van der Waals surface area contributed by atoms with Gasteiger partial charge in [0.15, 0.2) is 0 Å². The Morgan fingerprint density at radius 1 is 1.08 bits per heavy atom. The van der Waals surface area contributed by atoms with Crippen molar-refractivity contribution in [3.63, 3.8) is 0 Å². The second kappa shape index (κ2) is 7.29. The lowest BCUT2D eigenvalue weighted by molar-refractivity contribution is 0.0982. The lowest BCUT2D eigenvalue weighted by Gasteiger charge is -2.05. The van der Waals surface area contributed by atoms with Crippen LogP contribution in [0.25, 0.3) is 6.08 Å². The number of sulfonamides is 1. The zero-order chi connectivity index (χ0) is 17.9. The highest BCUT2D eigenvalue weighted by Gasteiger charge is 2.16. The molecule has 0 aliphatic carbocycles. The largest absolute Gasteiger partial charge is 0.268 e. The monoisotopic (exact) mass is 391 g/mol. The molecule has 4 nitrogen and oxygen atoms in total. The molecule has 126 valence electrons. The van der Waals surface area contributed by atoms with E-state index in [4.69, 9.17) is 23.2 Å². The third-order valence-electron chi connectivity index (χ3n) is 2.80. The SMILES string of the molecule is O=C(NS(=O)(=O)/C=C/c1ccc(F)cc1F)c1ccc(Cl)cc1Cl. The zero-order valence-corrected chi connectivity index (χ0v) is 14.1. The fourth-order valence-electron chi connectivity index (χ4n) is 1.69. The summed E-state index contributed by atoms with van der Waals surface area (Å²) in [5.41, 5.74) is -0.246. The quantitative estimate of drug-likeness (QED) is 0.856. The maximum Gasteiger partial charge on any atom is 0.266 e. The Morgan fingerprint density at radius 2 is 1.79 bits per heavy atom. The first kappa shape index (κ1) is 18.4. The molecule has 2 rings (SSSR count). The van der Waals surface area contributed by atoms with Gasteiger partial charge in [0, 0.05) is 16.7 Å². The molecule has 0 saturated heterocycles. The number of halogens is 4. The summed E-state index contributed by atoms with van der Waals surface area (Å²) >= 11 is 11.5. The first-order valence-corrected chi connectivity index (χ1v) is 8.63. The van der Waals surface area contributed by atoms with Crippen LogP contribution < -0.4 is 4.72 Å². The van der Waals surface area contributed by atoms with E-state index in [2.05, 4.69) is 0 Å². The van der Waals surface area contributed by atoms with Crippen molar-refractivity contribution >= 4 is 45.2 Å². The third kappa shape index (κ3) is 4.77. The average Bonchev–Trinajstić information content (AvgIpc) is 2.45. The number of carbonyl (C=O) groups excluding carboxylic acids is 1. The van der Waals surface area contributed by atoms with E-state index in [9.17, 15) is 22.0 Å². The van der Waals surface area contributed by atoms with Crippen LogP contribution in [0.2, 0.25) is 10.0 Å². The molecule has 0 spiro atoms. The predicted molar refractivity (Wildman–Crippen MR) is 88.2 cm³/mol. The van der Waals surface area contributed by atoms with E-state index in [0.29, 0.717) is 11.5 Å². The normalized spacial score (nSPS) is 11.7. The molecule has 24 heavy (non-hydrogen) atoms. The third-order valence-corrected chi connectivity index (χ3v) is 4.31. The van der Waals surface area contributed by atoms with Gasteiger partial charge in [-0.15, -0.1) is 0 Å². The van der Waals surface area contributed by atoms with Crippen molar-refractivity contribution in [3.8, 4) is 0 Å². The Morgan fingerprint density at radius 3 is 2.42 bits per heavy atom. The molecule has 2 aromatic carbocycles. The molecule has 0 bridgehead atoms. The number of rotatable bonds is 4. The van der Waals surface area contributed by atoms with Crippen LogP contribution >= 0.6 is 23.2 Å². The Labute approximate surface area is 146 Å². The van der Waals surface area contributed by atoms with Gasteiger partial charge < -0.3 is 0 Å². The smallest absolute Gasteiger partial charge is 0.266 e. The summed E-state index contributed by atoms with van der Waals surface area (Å²) in [4.78, 5) is 11.9. The van der Waals surface area contributed by atoms with Crippen LogP contribution in [0.3, 0.4) is 0 Å². The summed E-state index contributed by atoms with van der Waals surface area (Å²) < 4.78 is 51.7. The molecule has 0 saturated carbocycles. The van der Waals surface area contributed by atoms with Gasteiger partial charge in [0.05, 0.1) is 16.0 Å². The molecule has 0 heterocycles. The van der Waals surface area contributed by atoms with Crippen molar-refractivity contribution in [2.75, 3.05) is 0 Å². The predicted octanol–water partition coefficient (Wildman–Crippen LogP) is 4.00. The van der Waals surface area contributed by atoms with Gasteiger partial charge in [0.1, 0.15) is 11.6 Å². The van der Waals surface area contributed by atoms with E-state index < -0.39 is 27.6 Å². The van der Waals surface area contributed by atoms with Crippen LogP contribution in [0, 0.1) is 11.6 Å². The summed E-state index contributed by atoms with van der Waals surface area (Å²) in [6.45, 7) is 0. The van der Waals surface area contributed by atoms with E-state index in [1.165, 1.54) is 18.2 Å². The molecular formula is C15H9Cl2F2NO3S. The standard InChI is InChI=1S/C15H9Cl2F2NO3S/c16-10-2-4-12(13(17)7-10)15(21)20-24(22,23)6-5-9-1-3-11(18)8-14(9)19/h1-8H,(H,20,21)/b6-5+. The van der Waals surface area contributed by atoms with Gasteiger partial charge in [-0.3, -0.25) is 4.79 Å². The Hall–Kier alpha value is -1.96. The highest BCUT2D eigenvalue weighted by atomic mass is 35.5. The van der Waals surface area contributed by atoms with Crippen molar-refractivity contribution in [1.82, 2.24) is 4.72 Å². The van der Waals surface area contributed by atoms with Gasteiger partial charge in [-0.1, -0.05) is 23.2 Å². The van der Waals surface area contributed by atoms with Crippen LogP contribution in [-0.2, 0) is 10.0 Å². The summed E-state index contributed by atoms with van der Waals surface area (Å²) in [5, 5.41) is 0.847. The first-order chi connectivity index (χ1) is 11.2. The Balaban J connectivity index is 2.18. The molecule has 9 heteroatoms. The van der Waals surface area contributed by atoms with Crippen molar-refractivity contribution in [2.24, 2.45) is 0 Å². The van der Waals surface area contributed by atoms with Crippen molar-refractivity contribution in [3.05, 3.63) is 74.6 Å². The molecule has 2 aromatic rings. The lowest BCUT2D eigenvalue weighted by atomic mass is 10.2. The fraction of sp³-hybridized carbons (Fsp3) is 0. The van der Waals surface area contributed by atoms with Crippen molar-refractivity contribution < 1.29 is 22.0 Å². The van der Waals surface area contributed by atoms with E-state index in [-0.39, 0.29) is 21.2 Å². The van der Waals surface area contributed by atoms with Gasteiger partial charge in [0.2, 0.25) is 0 Å². The molecule has 0 fully saturated rings. The first-order valence-electron chi connectivity index (χ1n) is 6.33. The van der Waals surface area contributed by atoms with E-state index in [1.807, 2.05) is 0 Å². The summed E-state index contributed by atoms with van der Waals surface area (Å²) in [7, 11) is -4.21. The molecule has 0 unspecified atom stereocenters. The zero-order valence-electron chi connectivity index (χ0n) is 11.8. The lowest BCUT2D eigenvalue weighted by Crippen LogP contribution is -2.29. The number of amides is 1. The van der Waals surface area contributed by atoms with Gasteiger partial charge in [-0.2, -0.15) is 0 Å². The highest BCUT2D eigenvalue weighted by molar-refractivity contribution is 7.93. The topological polar surface area (TPSA) is 63.2 Å². The fourth-order valence-corrected chi connectivity index (χ4v) is 2.95. The molecule has 0 aliphatic rings. The van der Waals surface area contributed by atoms with Crippen LogP contribution in [0.15, 0.2) is 41.8 Å². The van der Waals surface area contributed by atoms with Gasteiger partial charge in [0.25, 0.3) is 15.9 Å². The minimum absolute atomic E-state index is 0.0243. The van der Waals surface area contributed by atoms with Crippen LogP contribution in [0.4, 0.5) is 8.78 Å². The highest BCUT2D eigenvalue weighted by Crippen LogP contribution is 2.21. The minimum Gasteiger partial charge on any atom is -0.268 e. The Bertz CT molecular complexity index is 930. The minimum atomic E-state index is -4.21. The summed E-state index contributed by atoms with van der Waals surface area (Å²) in [5.74, 6) is -2.70. The molecular weight excluding hydrogens is 383 g/mol. The maximum atomic E-state index is 13.4. The molecule has 0 radical (unpaired) electrons. The van der Waals surface area contributed by atoms with E-state index in [0.717, 1.165) is 18.2 Å². The number of nitrogens with one attached hydrogen (secondary N) is 1. The number of hydrogen-bond donors (Lipinski definition) is 1. The van der Waals surface area contributed by atoms with Gasteiger partial charge in [-0.05, 0) is 36.4 Å². The van der Waals surface area contributed by atoms with Crippen LogP contribution in [0.1, 0.15) is 15.9 Å². The number of benzene rings is 2. The average molecular weight is 392 g/mol. The molecule has 1 amide bonds. The van der Waals surface area contributed by atoms with Gasteiger partial charge in [-0.25, -0.2) is 21.9 Å². The van der Waals surface area contributed by atoms with Crippen LogP contribution in [-0.4, -0.2) is 14.3 Å². The second-order valence-electron chi connectivity index (χ2n) is 4.57.